The van der Waals surface area contributed by atoms with Gasteiger partial charge in [0.1, 0.15) is 12.1 Å². The third kappa shape index (κ3) is 1.54. The van der Waals surface area contributed by atoms with Crippen LogP contribution in [0.2, 0.25) is 0 Å². The predicted molar refractivity (Wildman–Crippen MR) is 54.4 cm³/mol. The zero-order valence-corrected chi connectivity index (χ0v) is 7.81. The topological polar surface area (TPSA) is 64.7 Å². The first-order valence-electron chi connectivity index (χ1n) is 4.25. The highest BCUT2D eigenvalue weighted by molar-refractivity contribution is 5.72. The maximum Gasteiger partial charge on any atom is 0.131 e. The van der Waals surface area contributed by atoms with Crippen LogP contribution in [0.4, 0.5) is 5.82 Å². The lowest BCUT2D eigenvalue weighted by Crippen LogP contribution is -1.95. The first-order chi connectivity index (χ1) is 6.77. The molecule has 14 heavy (non-hydrogen) atoms. The highest BCUT2D eigenvalue weighted by Gasteiger charge is 2.03. The minimum Gasteiger partial charge on any atom is -0.383 e. The summed E-state index contributed by atoms with van der Waals surface area (Å²) in [6, 6.07) is 1.97. The second-order valence-electron chi connectivity index (χ2n) is 3.07. The van der Waals surface area contributed by atoms with Gasteiger partial charge in [-0.1, -0.05) is 0 Å². The van der Waals surface area contributed by atoms with E-state index in [0.717, 1.165) is 16.7 Å². The van der Waals surface area contributed by atoms with Gasteiger partial charge in [0.15, 0.2) is 0 Å². The summed E-state index contributed by atoms with van der Waals surface area (Å²) in [6.45, 7) is 1.97. The number of hydrogen-bond acceptors (Lipinski definition) is 4. The molecule has 0 aliphatic carbocycles. The summed E-state index contributed by atoms with van der Waals surface area (Å²) in [4.78, 5) is 12.0. The maximum absolute atomic E-state index is 5.75. The molecule has 2 N–H and O–H groups in total. The largest absolute Gasteiger partial charge is 0.383 e. The molecule has 2 aromatic rings. The Morgan fingerprint density at radius 2 is 1.86 bits per heavy atom. The fourth-order valence-electron chi connectivity index (χ4n) is 1.25. The van der Waals surface area contributed by atoms with E-state index in [1.54, 1.807) is 18.6 Å². The number of pyridine rings is 1. The van der Waals surface area contributed by atoms with Gasteiger partial charge in [0, 0.05) is 29.7 Å². The van der Waals surface area contributed by atoms with Gasteiger partial charge >= 0.3 is 0 Å². The van der Waals surface area contributed by atoms with Gasteiger partial charge in [0.25, 0.3) is 0 Å². The number of nitrogens with zero attached hydrogens (tertiary/aromatic N) is 3. The summed E-state index contributed by atoms with van der Waals surface area (Å²) in [5.74, 6) is 0.505. The molecule has 0 radical (unpaired) electrons. The summed E-state index contributed by atoms with van der Waals surface area (Å²) in [5.41, 5.74) is 8.59. The average molecular weight is 186 g/mol. The molecule has 0 spiro atoms. The van der Waals surface area contributed by atoms with Gasteiger partial charge in [-0.05, 0) is 18.6 Å². The molecule has 2 heterocycles. The maximum atomic E-state index is 5.75. The van der Waals surface area contributed by atoms with Crippen molar-refractivity contribution in [3.8, 4) is 11.1 Å². The fourth-order valence-corrected chi connectivity index (χ4v) is 1.25. The molecule has 0 saturated carbocycles. The zero-order valence-electron chi connectivity index (χ0n) is 7.81. The van der Waals surface area contributed by atoms with Crippen LogP contribution in [0.3, 0.4) is 0 Å². The summed E-state index contributed by atoms with van der Waals surface area (Å²) in [5, 5.41) is 0. The number of anilines is 1. The Hall–Kier alpha value is -1.97. The third-order valence-electron chi connectivity index (χ3n) is 1.93. The van der Waals surface area contributed by atoms with Crippen molar-refractivity contribution in [1.82, 2.24) is 15.0 Å². The molecule has 4 nitrogen and oxygen atoms in total. The molecule has 4 heteroatoms. The van der Waals surface area contributed by atoms with E-state index < -0.39 is 0 Å². The van der Waals surface area contributed by atoms with E-state index in [2.05, 4.69) is 15.0 Å². The Morgan fingerprint density at radius 3 is 2.57 bits per heavy atom. The van der Waals surface area contributed by atoms with Crippen LogP contribution in [0.25, 0.3) is 11.1 Å². The van der Waals surface area contributed by atoms with Crippen LogP contribution in [-0.4, -0.2) is 15.0 Å². The van der Waals surface area contributed by atoms with E-state index in [1.165, 1.54) is 6.33 Å². The Labute approximate surface area is 81.9 Å². The molecule has 0 atom stereocenters. The Kier molecular flexibility index (Phi) is 2.10. The van der Waals surface area contributed by atoms with Gasteiger partial charge in [-0.25, -0.2) is 15.0 Å². The van der Waals surface area contributed by atoms with Crippen LogP contribution < -0.4 is 5.73 Å². The van der Waals surface area contributed by atoms with Crippen LogP contribution in [0.15, 0.2) is 31.0 Å². The number of aryl methyl sites for hydroxylation is 1. The summed E-state index contributed by atoms with van der Waals surface area (Å²) in [6.07, 6.45) is 6.67. The molecule has 70 valence electrons. The lowest BCUT2D eigenvalue weighted by atomic mass is 10.1. The number of nitrogens with two attached hydrogens (primary N) is 1. The summed E-state index contributed by atoms with van der Waals surface area (Å²) < 4.78 is 0. The van der Waals surface area contributed by atoms with E-state index >= 15 is 0 Å². The molecule has 0 fully saturated rings. The van der Waals surface area contributed by atoms with E-state index in [1.807, 2.05) is 13.0 Å². The van der Waals surface area contributed by atoms with Crippen LogP contribution in [-0.2, 0) is 0 Å². The zero-order chi connectivity index (χ0) is 9.97. The standard InChI is InChI=1S/C10H10N4/c1-7-2-9(10(11)14-3-7)8-4-12-6-13-5-8/h2-6H,1H3,(H2,11,14). The van der Waals surface area contributed by atoms with Crippen LogP contribution in [0, 0.1) is 6.92 Å². The molecule has 0 saturated heterocycles. The highest BCUT2D eigenvalue weighted by Crippen LogP contribution is 2.22. The van der Waals surface area contributed by atoms with Crippen molar-refractivity contribution < 1.29 is 0 Å². The second-order valence-corrected chi connectivity index (χ2v) is 3.07. The number of aromatic nitrogens is 3. The first kappa shape index (κ1) is 8.62. The normalized spacial score (nSPS) is 10.1. The highest BCUT2D eigenvalue weighted by atomic mass is 14.8. The predicted octanol–water partition coefficient (Wildman–Crippen LogP) is 1.43. The summed E-state index contributed by atoms with van der Waals surface area (Å²) in [7, 11) is 0. The van der Waals surface area contributed by atoms with Gasteiger partial charge in [0.05, 0.1) is 0 Å². The summed E-state index contributed by atoms with van der Waals surface area (Å²) >= 11 is 0. The lowest BCUT2D eigenvalue weighted by Gasteiger charge is -2.04. The van der Waals surface area contributed by atoms with Crippen molar-refractivity contribution in [3.05, 3.63) is 36.5 Å². The van der Waals surface area contributed by atoms with Crippen LogP contribution >= 0.6 is 0 Å². The minimum atomic E-state index is 0.505. The van der Waals surface area contributed by atoms with Gasteiger partial charge in [0.2, 0.25) is 0 Å². The van der Waals surface area contributed by atoms with Crippen molar-refractivity contribution in [2.24, 2.45) is 0 Å². The van der Waals surface area contributed by atoms with Gasteiger partial charge in [-0.3, -0.25) is 0 Å². The van der Waals surface area contributed by atoms with E-state index in [4.69, 9.17) is 5.73 Å². The van der Waals surface area contributed by atoms with Crippen molar-refractivity contribution in [3.63, 3.8) is 0 Å². The molecule has 0 aliphatic heterocycles. The molecule has 2 aromatic heterocycles. The smallest absolute Gasteiger partial charge is 0.131 e. The molecular weight excluding hydrogens is 176 g/mol. The molecule has 0 aliphatic rings. The molecule has 0 aromatic carbocycles. The first-order valence-corrected chi connectivity index (χ1v) is 4.25. The van der Waals surface area contributed by atoms with E-state index in [9.17, 15) is 0 Å². The van der Waals surface area contributed by atoms with Gasteiger partial charge < -0.3 is 5.73 Å². The van der Waals surface area contributed by atoms with Gasteiger partial charge in [-0.15, -0.1) is 0 Å². The molecule has 0 amide bonds. The fraction of sp³-hybridized carbons (Fsp3) is 0.100. The van der Waals surface area contributed by atoms with Crippen molar-refractivity contribution in [2.75, 3.05) is 5.73 Å². The molecule has 2 rings (SSSR count). The third-order valence-corrected chi connectivity index (χ3v) is 1.93. The number of nitrogen functional groups attached to an aromatic ring is 1. The van der Waals surface area contributed by atoms with E-state index in [-0.39, 0.29) is 0 Å². The number of hydrogen-bond donors (Lipinski definition) is 1. The molecular formula is C10H10N4. The lowest BCUT2D eigenvalue weighted by molar-refractivity contribution is 1.17. The van der Waals surface area contributed by atoms with Crippen molar-refractivity contribution in [2.45, 2.75) is 6.92 Å². The number of rotatable bonds is 1. The van der Waals surface area contributed by atoms with Crippen molar-refractivity contribution in [1.29, 1.82) is 0 Å². The quantitative estimate of drug-likeness (QED) is 0.731. The molecule has 0 bridgehead atoms. The second kappa shape index (κ2) is 3.41. The minimum absolute atomic E-state index is 0.505. The monoisotopic (exact) mass is 186 g/mol. The Morgan fingerprint density at radius 1 is 1.14 bits per heavy atom. The van der Waals surface area contributed by atoms with Crippen LogP contribution in [0.1, 0.15) is 5.56 Å². The molecule has 0 unspecified atom stereocenters. The SMILES string of the molecule is Cc1cnc(N)c(-c2cncnc2)c1. The van der Waals surface area contributed by atoms with Crippen LogP contribution in [0.5, 0.6) is 0 Å². The Bertz CT molecular complexity index is 439. The Balaban J connectivity index is 2.57. The average Bonchev–Trinajstić information content (AvgIpc) is 2.23. The van der Waals surface area contributed by atoms with Gasteiger partial charge in [-0.2, -0.15) is 0 Å². The van der Waals surface area contributed by atoms with E-state index in [0.29, 0.717) is 5.82 Å². The van der Waals surface area contributed by atoms with Crippen molar-refractivity contribution >= 4 is 5.82 Å².